The SMILES string of the molecule is CC(C)N1CC2OCc3c(cccc3C(F)(F)F)C2C1.Cl. The van der Waals surface area contributed by atoms with Crippen LogP contribution in [-0.2, 0) is 17.5 Å². The highest BCUT2D eigenvalue weighted by Crippen LogP contribution is 2.42. The first-order chi connectivity index (χ1) is 9.38. The largest absolute Gasteiger partial charge is 0.416 e. The fraction of sp³-hybridized carbons (Fsp3) is 0.600. The molecule has 1 saturated heterocycles. The molecule has 2 aliphatic heterocycles. The second kappa shape index (κ2) is 5.78. The predicted molar refractivity (Wildman–Crippen MR) is 76.7 cm³/mol. The molecule has 3 rings (SSSR count). The highest BCUT2D eigenvalue weighted by molar-refractivity contribution is 5.85. The normalized spacial score (nSPS) is 25.4. The summed E-state index contributed by atoms with van der Waals surface area (Å²) < 4.78 is 44.9. The van der Waals surface area contributed by atoms with Gasteiger partial charge in [0.1, 0.15) is 0 Å². The second-order valence-electron chi connectivity index (χ2n) is 5.87. The van der Waals surface area contributed by atoms with Gasteiger partial charge in [0.2, 0.25) is 0 Å². The van der Waals surface area contributed by atoms with Crippen molar-refractivity contribution in [1.82, 2.24) is 4.90 Å². The Morgan fingerprint density at radius 3 is 2.57 bits per heavy atom. The fourth-order valence-corrected chi connectivity index (χ4v) is 3.26. The Morgan fingerprint density at radius 1 is 1.24 bits per heavy atom. The smallest absolute Gasteiger partial charge is 0.371 e. The average molecular weight is 322 g/mol. The first-order valence-corrected chi connectivity index (χ1v) is 6.92. The molecule has 1 aromatic rings. The van der Waals surface area contributed by atoms with Crippen LogP contribution in [0, 0.1) is 0 Å². The lowest BCUT2D eigenvalue weighted by Gasteiger charge is -2.29. The maximum Gasteiger partial charge on any atom is 0.416 e. The summed E-state index contributed by atoms with van der Waals surface area (Å²) in [6, 6.07) is 4.88. The summed E-state index contributed by atoms with van der Waals surface area (Å²) in [4.78, 5) is 2.27. The Labute approximate surface area is 128 Å². The van der Waals surface area contributed by atoms with Crippen LogP contribution in [0.3, 0.4) is 0 Å². The van der Waals surface area contributed by atoms with E-state index in [4.69, 9.17) is 4.74 Å². The molecular weight excluding hydrogens is 303 g/mol. The van der Waals surface area contributed by atoms with Gasteiger partial charge in [0, 0.05) is 25.0 Å². The number of benzene rings is 1. The van der Waals surface area contributed by atoms with Crippen molar-refractivity contribution in [2.24, 2.45) is 0 Å². The third kappa shape index (κ3) is 2.91. The van der Waals surface area contributed by atoms with E-state index in [9.17, 15) is 13.2 Å². The minimum Gasteiger partial charge on any atom is -0.371 e. The highest BCUT2D eigenvalue weighted by Gasteiger charge is 2.43. The second-order valence-corrected chi connectivity index (χ2v) is 5.87. The van der Waals surface area contributed by atoms with Crippen LogP contribution in [0.1, 0.15) is 36.5 Å². The summed E-state index contributed by atoms with van der Waals surface area (Å²) in [6.45, 7) is 5.85. The average Bonchev–Trinajstić information content (AvgIpc) is 2.81. The lowest BCUT2D eigenvalue weighted by molar-refractivity contribution is -0.139. The molecule has 1 fully saturated rings. The first kappa shape index (κ1) is 16.6. The Morgan fingerprint density at radius 2 is 1.95 bits per heavy atom. The van der Waals surface area contributed by atoms with Crippen LogP contribution >= 0.6 is 12.4 Å². The topological polar surface area (TPSA) is 12.5 Å². The van der Waals surface area contributed by atoms with Crippen LogP contribution < -0.4 is 0 Å². The van der Waals surface area contributed by atoms with E-state index in [0.717, 1.165) is 24.7 Å². The number of fused-ring (bicyclic) bond motifs is 3. The van der Waals surface area contributed by atoms with E-state index in [1.165, 1.54) is 6.07 Å². The Kier molecular flexibility index (Phi) is 4.57. The molecule has 1 aromatic carbocycles. The summed E-state index contributed by atoms with van der Waals surface area (Å²) in [5.41, 5.74) is 0.600. The van der Waals surface area contributed by atoms with E-state index in [1.54, 1.807) is 0 Å². The molecule has 2 unspecified atom stereocenters. The number of hydrogen-bond acceptors (Lipinski definition) is 2. The Bertz CT molecular complexity index is 518. The zero-order valence-electron chi connectivity index (χ0n) is 12.0. The fourth-order valence-electron chi connectivity index (χ4n) is 3.26. The maximum atomic E-state index is 13.1. The molecule has 6 heteroatoms. The molecule has 2 atom stereocenters. The Balaban J connectivity index is 0.00000161. The van der Waals surface area contributed by atoms with Gasteiger partial charge >= 0.3 is 6.18 Å². The van der Waals surface area contributed by atoms with Crippen molar-refractivity contribution >= 4 is 12.4 Å². The molecule has 0 N–H and O–H groups in total. The number of halogens is 4. The van der Waals surface area contributed by atoms with E-state index in [2.05, 4.69) is 18.7 Å². The summed E-state index contributed by atoms with van der Waals surface area (Å²) in [5.74, 6) is 0.0587. The monoisotopic (exact) mass is 321 g/mol. The summed E-state index contributed by atoms with van der Waals surface area (Å²) in [7, 11) is 0. The molecule has 0 bridgehead atoms. The molecule has 0 radical (unpaired) electrons. The van der Waals surface area contributed by atoms with Gasteiger partial charge in [0.25, 0.3) is 0 Å². The van der Waals surface area contributed by atoms with Crippen molar-refractivity contribution < 1.29 is 17.9 Å². The summed E-state index contributed by atoms with van der Waals surface area (Å²) in [6.07, 6.45) is -4.29. The van der Waals surface area contributed by atoms with Crippen LogP contribution in [0.2, 0.25) is 0 Å². The standard InChI is InChI=1S/C15H18F3NO.ClH/c1-9(2)19-6-11-10-4-3-5-13(15(16,17)18)12(10)8-20-14(11)7-19;/h3-5,9,11,14H,6-8H2,1-2H3;1H. The molecule has 0 spiro atoms. The maximum absolute atomic E-state index is 13.1. The number of rotatable bonds is 1. The third-order valence-electron chi connectivity index (χ3n) is 4.38. The summed E-state index contributed by atoms with van der Waals surface area (Å²) in [5, 5.41) is 0. The highest BCUT2D eigenvalue weighted by atomic mass is 35.5. The van der Waals surface area contributed by atoms with Crippen molar-refractivity contribution in [3.05, 3.63) is 34.9 Å². The van der Waals surface area contributed by atoms with E-state index in [-0.39, 0.29) is 31.0 Å². The first-order valence-electron chi connectivity index (χ1n) is 6.92. The molecular formula is C15H19ClF3NO. The molecule has 2 heterocycles. The lowest BCUT2D eigenvalue weighted by atomic mass is 9.87. The minimum absolute atomic E-state index is 0. The molecule has 0 amide bonds. The van der Waals surface area contributed by atoms with Crippen molar-refractivity contribution in [3.8, 4) is 0 Å². The van der Waals surface area contributed by atoms with Gasteiger partial charge < -0.3 is 4.74 Å². The van der Waals surface area contributed by atoms with Crippen molar-refractivity contribution in [2.75, 3.05) is 13.1 Å². The molecule has 0 aliphatic carbocycles. The number of alkyl halides is 3. The minimum atomic E-state index is -4.31. The van der Waals surface area contributed by atoms with Crippen LogP contribution in [0.4, 0.5) is 13.2 Å². The number of likely N-dealkylation sites (tertiary alicyclic amines) is 1. The quantitative estimate of drug-likeness (QED) is 0.779. The van der Waals surface area contributed by atoms with Crippen LogP contribution in [0.15, 0.2) is 18.2 Å². The van der Waals surface area contributed by atoms with Gasteiger partial charge in [-0.3, -0.25) is 4.90 Å². The van der Waals surface area contributed by atoms with Gasteiger partial charge in [-0.25, -0.2) is 0 Å². The molecule has 0 aromatic heterocycles. The predicted octanol–water partition coefficient (Wildman–Crippen LogP) is 3.83. The molecule has 2 nitrogen and oxygen atoms in total. The van der Waals surface area contributed by atoms with Crippen molar-refractivity contribution in [1.29, 1.82) is 0 Å². The van der Waals surface area contributed by atoms with Crippen LogP contribution in [-0.4, -0.2) is 30.1 Å². The molecule has 0 saturated carbocycles. The number of hydrogen-bond donors (Lipinski definition) is 0. The number of ether oxygens (including phenoxy) is 1. The van der Waals surface area contributed by atoms with Gasteiger partial charge in [-0.1, -0.05) is 12.1 Å². The lowest BCUT2D eigenvalue weighted by Crippen LogP contribution is -2.30. The molecule has 2 aliphatic rings. The third-order valence-corrected chi connectivity index (χ3v) is 4.38. The van der Waals surface area contributed by atoms with Gasteiger partial charge in [0.15, 0.2) is 0 Å². The van der Waals surface area contributed by atoms with Gasteiger partial charge in [-0.15, -0.1) is 12.4 Å². The van der Waals surface area contributed by atoms with Gasteiger partial charge in [-0.05, 0) is 31.0 Å². The molecule has 118 valence electrons. The van der Waals surface area contributed by atoms with Gasteiger partial charge in [0.05, 0.1) is 18.3 Å². The molecule has 21 heavy (non-hydrogen) atoms. The van der Waals surface area contributed by atoms with Crippen molar-refractivity contribution in [2.45, 2.75) is 44.7 Å². The van der Waals surface area contributed by atoms with Crippen LogP contribution in [0.5, 0.6) is 0 Å². The zero-order chi connectivity index (χ0) is 14.5. The van der Waals surface area contributed by atoms with Crippen LogP contribution in [0.25, 0.3) is 0 Å². The van der Waals surface area contributed by atoms with Crippen molar-refractivity contribution in [3.63, 3.8) is 0 Å². The van der Waals surface area contributed by atoms with E-state index in [0.29, 0.717) is 11.6 Å². The van der Waals surface area contributed by atoms with E-state index >= 15 is 0 Å². The van der Waals surface area contributed by atoms with E-state index in [1.807, 2.05) is 6.07 Å². The van der Waals surface area contributed by atoms with Gasteiger partial charge in [-0.2, -0.15) is 13.2 Å². The van der Waals surface area contributed by atoms with E-state index < -0.39 is 11.7 Å². The zero-order valence-corrected chi connectivity index (χ0v) is 12.8. The Hall–Kier alpha value is -0.780. The number of nitrogens with zero attached hydrogens (tertiary/aromatic N) is 1. The summed E-state index contributed by atoms with van der Waals surface area (Å²) >= 11 is 0.